The summed E-state index contributed by atoms with van der Waals surface area (Å²) in [6.45, 7) is 0. The van der Waals surface area contributed by atoms with Crippen molar-refractivity contribution in [1.29, 1.82) is 0 Å². The summed E-state index contributed by atoms with van der Waals surface area (Å²) in [5.41, 5.74) is 0.784. The standard InChI is InChI=1S/C14H9BrCl2O2/c1-19-13-5-3-9(16)7-11(13)14(18)10-6-8(15)2-4-12(10)17/h2-7H,1H3. The van der Waals surface area contributed by atoms with Crippen LogP contribution in [0, 0.1) is 0 Å². The molecular weight excluding hydrogens is 351 g/mol. The summed E-state index contributed by atoms with van der Waals surface area (Å²) in [6.07, 6.45) is 0. The fraction of sp³-hybridized carbons (Fsp3) is 0.0714. The molecule has 19 heavy (non-hydrogen) atoms. The lowest BCUT2D eigenvalue weighted by Crippen LogP contribution is -2.05. The molecule has 2 rings (SSSR count). The van der Waals surface area contributed by atoms with E-state index in [2.05, 4.69) is 15.9 Å². The summed E-state index contributed by atoms with van der Waals surface area (Å²) in [7, 11) is 1.50. The molecule has 0 spiro atoms. The lowest BCUT2D eigenvalue weighted by Gasteiger charge is -2.09. The van der Waals surface area contributed by atoms with Crippen LogP contribution in [-0.4, -0.2) is 12.9 Å². The zero-order valence-electron chi connectivity index (χ0n) is 9.91. The van der Waals surface area contributed by atoms with E-state index in [1.807, 2.05) is 0 Å². The van der Waals surface area contributed by atoms with Gasteiger partial charge >= 0.3 is 0 Å². The van der Waals surface area contributed by atoms with E-state index in [0.29, 0.717) is 26.9 Å². The van der Waals surface area contributed by atoms with Crippen molar-refractivity contribution in [3.05, 3.63) is 62.0 Å². The number of ketones is 1. The van der Waals surface area contributed by atoms with Crippen LogP contribution in [-0.2, 0) is 0 Å². The molecule has 0 saturated carbocycles. The van der Waals surface area contributed by atoms with E-state index in [1.165, 1.54) is 7.11 Å². The maximum Gasteiger partial charge on any atom is 0.198 e. The summed E-state index contributed by atoms with van der Waals surface area (Å²) in [6, 6.07) is 10.00. The number of carbonyl (C=O) groups excluding carboxylic acids is 1. The smallest absolute Gasteiger partial charge is 0.198 e. The second-order valence-corrected chi connectivity index (χ2v) is 5.56. The molecular formula is C14H9BrCl2O2. The van der Waals surface area contributed by atoms with E-state index in [4.69, 9.17) is 27.9 Å². The van der Waals surface area contributed by atoms with Gasteiger partial charge < -0.3 is 4.74 Å². The molecule has 5 heteroatoms. The van der Waals surface area contributed by atoms with Crippen LogP contribution in [0.1, 0.15) is 15.9 Å². The van der Waals surface area contributed by atoms with Gasteiger partial charge in [0, 0.05) is 15.1 Å². The van der Waals surface area contributed by atoms with Crippen LogP contribution in [0.5, 0.6) is 5.75 Å². The van der Waals surface area contributed by atoms with Gasteiger partial charge in [-0.2, -0.15) is 0 Å². The van der Waals surface area contributed by atoms with Crippen molar-refractivity contribution < 1.29 is 9.53 Å². The fourth-order valence-electron chi connectivity index (χ4n) is 1.67. The van der Waals surface area contributed by atoms with E-state index in [0.717, 1.165) is 4.47 Å². The SMILES string of the molecule is COc1ccc(Cl)cc1C(=O)c1cc(Br)ccc1Cl. The molecule has 2 aromatic rings. The monoisotopic (exact) mass is 358 g/mol. The van der Waals surface area contributed by atoms with Gasteiger partial charge in [-0.15, -0.1) is 0 Å². The first kappa shape index (κ1) is 14.4. The van der Waals surface area contributed by atoms with Gasteiger partial charge in [-0.05, 0) is 36.4 Å². The Morgan fingerprint density at radius 1 is 1.11 bits per heavy atom. The maximum atomic E-state index is 12.5. The van der Waals surface area contributed by atoms with Gasteiger partial charge in [0.2, 0.25) is 0 Å². The number of halogens is 3. The first-order valence-electron chi connectivity index (χ1n) is 5.36. The van der Waals surface area contributed by atoms with Crippen molar-refractivity contribution in [1.82, 2.24) is 0 Å². The molecule has 2 aromatic carbocycles. The minimum Gasteiger partial charge on any atom is -0.496 e. The fourth-order valence-corrected chi connectivity index (χ4v) is 2.41. The average Bonchev–Trinajstić information content (AvgIpc) is 2.40. The number of hydrogen-bond donors (Lipinski definition) is 0. The van der Waals surface area contributed by atoms with Gasteiger partial charge in [-0.3, -0.25) is 4.79 Å². The third-order valence-corrected chi connectivity index (χ3v) is 3.64. The molecule has 0 bridgehead atoms. The van der Waals surface area contributed by atoms with E-state index >= 15 is 0 Å². The highest BCUT2D eigenvalue weighted by atomic mass is 79.9. The van der Waals surface area contributed by atoms with Crippen molar-refractivity contribution in [2.75, 3.05) is 7.11 Å². The first-order valence-corrected chi connectivity index (χ1v) is 6.91. The first-order chi connectivity index (χ1) is 9.02. The van der Waals surface area contributed by atoms with Crippen LogP contribution >= 0.6 is 39.1 Å². The number of ether oxygens (including phenoxy) is 1. The van der Waals surface area contributed by atoms with Gasteiger partial charge in [0.1, 0.15) is 5.75 Å². The Morgan fingerprint density at radius 2 is 1.84 bits per heavy atom. The molecule has 0 heterocycles. The molecule has 0 unspecified atom stereocenters. The van der Waals surface area contributed by atoms with Crippen LogP contribution in [0.25, 0.3) is 0 Å². The van der Waals surface area contributed by atoms with E-state index in [-0.39, 0.29) is 5.78 Å². The molecule has 0 N–H and O–H groups in total. The number of hydrogen-bond acceptors (Lipinski definition) is 2. The molecule has 0 aliphatic rings. The summed E-state index contributed by atoms with van der Waals surface area (Å²) in [5.74, 6) is 0.232. The van der Waals surface area contributed by atoms with E-state index in [9.17, 15) is 4.79 Å². The van der Waals surface area contributed by atoms with Crippen LogP contribution in [0.2, 0.25) is 10.0 Å². The predicted molar refractivity (Wildman–Crippen MR) is 80.6 cm³/mol. The molecule has 0 fully saturated rings. The van der Waals surface area contributed by atoms with Gasteiger partial charge in [0.25, 0.3) is 0 Å². The van der Waals surface area contributed by atoms with Gasteiger partial charge in [-0.25, -0.2) is 0 Å². The lowest BCUT2D eigenvalue weighted by atomic mass is 10.0. The summed E-state index contributed by atoms with van der Waals surface area (Å²) in [5, 5.41) is 0.852. The quantitative estimate of drug-likeness (QED) is 0.721. The molecule has 0 saturated heterocycles. The second kappa shape index (κ2) is 5.95. The van der Waals surface area contributed by atoms with Crippen LogP contribution in [0.3, 0.4) is 0 Å². The molecule has 0 atom stereocenters. The average molecular weight is 360 g/mol. The van der Waals surface area contributed by atoms with Crippen molar-refractivity contribution in [2.45, 2.75) is 0 Å². The molecule has 2 nitrogen and oxygen atoms in total. The number of rotatable bonds is 3. The highest BCUT2D eigenvalue weighted by molar-refractivity contribution is 9.10. The molecule has 0 amide bonds. The molecule has 0 aromatic heterocycles. The zero-order chi connectivity index (χ0) is 14.0. The van der Waals surface area contributed by atoms with Crippen molar-refractivity contribution >= 4 is 44.9 Å². The van der Waals surface area contributed by atoms with E-state index in [1.54, 1.807) is 36.4 Å². The summed E-state index contributed by atoms with van der Waals surface area (Å²) in [4.78, 5) is 12.5. The van der Waals surface area contributed by atoms with Gasteiger partial charge in [-0.1, -0.05) is 39.1 Å². The zero-order valence-corrected chi connectivity index (χ0v) is 13.0. The Balaban J connectivity index is 2.55. The Labute approximate surface area is 129 Å². The van der Waals surface area contributed by atoms with Gasteiger partial charge in [0.15, 0.2) is 5.78 Å². The summed E-state index contributed by atoms with van der Waals surface area (Å²) >= 11 is 15.3. The Hall–Kier alpha value is -1.03. The van der Waals surface area contributed by atoms with Crippen molar-refractivity contribution in [3.63, 3.8) is 0 Å². The highest BCUT2D eigenvalue weighted by Crippen LogP contribution is 2.29. The Morgan fingerprint density at radius 3 is 2.53 bits per heavy atom. The number of benzene rings is 2. The largest absolute Gasteiger partial charge is 0.496 e. The number of methoxy groups -OCH3 is 1. The lowest BCUT2D eigenvalue weighted by molar-refractivity contribution is 0.103. The van der Waals surface area contributed by atoms with Crippen molar-refractivity contribution in [2.24, 2.45) is 0 Å². The van der Waals surface area contributed by atoms with Crippen molar-refractivity contribution in [3.8, 4) is 5.75 Å². The third kappa shape index (κ3) is 3.11. The van der Waals surface area contributed by atoms with Crippen LogP contribution in [0.15, 0.2) is 40.9 Å². The topological polar surface area (TPSA) is 26.3 Å². The number of carbonyl (C=O) groups is 1. The minimum atomic E-state index is -0.231. The molecule has 0 radical (unpaired) electrons. The third-order valence-electron chi connectivity index (χ3n) is 2.58. The van der Waals surface area contributed by atoms with Crippen LogP contribution < -0.4 is 4.74 Å². The molecule has 98 valence electrons. The van der Waals surface area contributed by atoms with E-state index < -0.39 is 0 Å². The molecule has 0 aliphatic carbocycles. The summed E-state index contributed by atoms with van der Waals surface area (Å²) < 4.78 is 5.96. The Kier molecular flexibility index (Phi) is 4.50. The minimum absolute atomic E-state index is 0.231. The van der Waals surface area contributed by atoms with Gasteiger partial charge in [0.05, 0.1) is 17.7 Å². The van der Waals surface area contributed by atoms with Crippen LogP contribution in [0.4, 0.5) is 0 Å². The Bertz CT molecular complexity index is 641. The second-order valence-electron chi connectivity index (χ2n) is 3.80. The normalized spacial score (nSPS) is 10.3. The maximum absolute atomic E-state index is 12.5. The highest BCUT2D eigenvalue weighted by Gasteiger charge is 2.18. The molecule has 0 aliphatic heterocycles. The predicted octanol–water partition coefficient (Wildman–Crippen LogP) is 5.00.